The van der Waals surface area contributed by atoms with Crippen molar-refractivity contribution >= 4 is 28.0 Å². The molecule has 0 aliphatic heterocycles. The van der Waals surface area contributed by atoms with Crippen LogP contribution in [0.4, 0.5) is 16.6 Å². The zero-order chi connectivity index (χ0) is 9.97. The van der Waals surface area contributed by atoms with E-state index in [1.165, 1.54) is 11.3 Å². The van der Waals surface area contributed by atoms with E-state index in [1.54, 1.807) is 18.3 Å². The maximum atomic E-state index is 5.73. The molecule has 14 heavy (non-hydrogen) atoms. The number of rotatable bonds is 2. The number of aromatic nitrogens is 2. The molecule has 0 bridgehead atoms. The molecule has 3 N–H and O–H groups in total. The number of nitrogens with two attached hydrogens (primary N) is 1. The van der Waals surface area contributed by atoms with Gasteiger partial charge in [-0.05, 0) is 19.1 Å². The van der Waals surface area contributed by atoms with Crippen LogP contribution in [0.5, 0.6) is 0 Å². The van der Waals surface area contributed by atoms with Gasteiger partial charge in [-0.2, -0.15) is 0 Å². The quantitative estimate of drug-likeness (QED) is 0.790. The van der Waals surface area contributed by atoms with Crippen molar-refractivity contribution in [2.45, 2.75) is 6.92 Å². The van der Waals surface area contributed by atoms with Gasteiger partial charge in [-0.15, -0.1) is 11.3 Å². The van der Waals surface area contributed by atoms with Crippen LogP contribution >= 0.6 is 11.3 Å². The van der Waals surface area contributed by atoms with Crippen molar-refractivity contribution in [3.63, 3.8) is 0 Å². The van der Waals surface area contributed by atoms with Crippen LogP contribution in [0, 0.1) is 6.92 Å². The van der Waals surface area contributed by atoms with E-state index in [0.29, 0.717) is 11.5 Å². The van der Waals surface area contributed by atoms with E-state index in [-0.39, 0.29) is 0 Å². The molecule has 0 fully saturated rings. The molecule has 0 aliphatic rings. The van der Waals surface area contributed by atoms with Crippen LogP contribution in [-0.4, -0.2) is 9.97 Å². The molecular weight excluding hydrogens is 196 g/mol. The Morgan fingerprint density at radius 2 is 2.36 bits per heavy atom. The minimum Gasteiger partial charge on any atom is -0.396 e. The van der Waals surface area contributed by atoms with E-state index in [4.69, 9.17) is 5.73 Å². The molecule has 2 aromatic rings. The number of pyridine rings is 1. The van der Waals surface area contributed by atoms with Crippen molar-refractivity contribution < 1.29 is 0 Å². The van der Waals surface area contributed by atoms with Crippen molar-refractivity contribution in [2.24, 2.45) is 0 Å². The van der Waals surface area contributed by atoms with Crippen LogP contribution in [0.3, 0.4) is 0 Å². The lowest BCUT2D eigenvalue weighted by atomic mass is 10.4. The van der Waals surface area contributed by atoms with Crippen LogP contribution in [-0.2, 0) is 0 Å². The van der Waals surface area contributed by atoms with E-state index in [2.05, 4.69) is 15.3 Å². The van der Waals surface area contributed by atoms with Gasteiger partial charge in [0.25, 0.3) is 0 Å². The lowest BCUT2D eigenvalue weighted by Gasteiger charge is -2.03. The Hall–Kier alpha value is -1.62. The molecule has 0 saturated carbocycles. The molecule has 4 nitrogen and oxygen atoms in total. The Morgan fingerprint density at radius 1 is 1.50 bits per heavy atom. The summed E-state index contributed by atoms with van der Waals surface area (Å²) in [6, 6.07) is 3.60. The monoisotopic (exact) mass is 206 g/mol. The zero-order valence-corrected chi connectivity index (χ0v) is 8.51. The predicted molar refractivity (Wildman–Crippen MR) is 58.8 cm³/mol. The number of nitrogen functional groups attached to an aromatic ring is 1. The summed E-state index contributed by atoms with van der Waals surface area (Å²) >= 11 is 1.54. The van der Waals surface area contributed by atoms with Crippen molar-refractivity contribution in [3.05, 3.63) is 29.4 Å². The zero-order valence-electron chi connectivity index (χ0n) is 7.69. The van der Waals surface area contributed by atoms with Crippen molar-refractivity contribution in [2.75, 3.05) is 11.1 Å². The molecule has 2 rings (SSSR count). The molecule has 0 atom stereocenters. The summed E-state index contributed by atoms with van der Waals surface area (Å²) in [5.41, 5.74) is 7.34. The molecular formula is C9H10N4S. The third-order valence-corrected chi connectivity index (χ3v) is 2.56. The number of hydrogen-bond acceptors (Lipinski definition) is 5. The fourth-order valence-electron chi connectivity index (χ4n) is 1.03. The highest BCUT2D eigenvalue weighted by Crippen LogP contribution is 2.22. The summed E-state index contributed by atoms with van der Waals surface area (Å²) in [5.74, 6) is 0.654. The highest BCUT2D eigenvalue weighted by molar-refractivity contribution is 7.13. The second-order valence-electron chi connectivity index (χ2n) is 2.86. The molecule has 2 heterocycles. The Kier molecular flexibility index (Phi) is 2.32. The van der Waals surface area contributed by atoms with Crippen molar-refractivity contribution in [3.8, 4) is 0 Å². The first-order valence-corrected chi connectivity index (χ1v) is 5.03. The van der Waals surface area contributed by atoms with Gasteiger partial charge in [-0.3, -0.25) is 0 Å². The third-order valence-electron chi connectivity index (χ3n) is 1.68. The number of nitrogens with one attached hydrogen (secondary N) is 1. The number of anilines is 3. The van der Waals surface area contributed by atoms with Crippen LogP contribution in [0.1, 0.15) is 5.69 Å². The molecule has 0 saturated heterocycles. The molecule has 0 radical (unpaired) electrons. The van der Waals surface area contributed by atoms with Gasteiger partial charge < -0.3 is 11.1 Å². The lowest BCUT2D eigenvalue weighted by molar-refractivity contribution is 1.24. The average Bonchev–Trinajstić information content (AvgIpc) is 2.56. The number of hydrogen-bond donors (Lipinski definition) is 2. The van der Waals surface area contributed by atoms with Crippen LogP contribution < -0.4 is 11.1 Å². The van der Waals surface area contributed by atoms with Crippen molar-refractivity contribution in [1.82, 2.24) is 9.97 Å². The molecule has 0 aliphatic carbocycles. The maximum absolute atomic E-state index is 5.73. The van der Waals surface area contributed by atoms with Gasteiger partial charge >= 0.3 is 0 Å². The first-order chi connectivity index (χ1) is 6.75. The Labute approximate surface area is 85.8 Å². The second-order valence-corrected chi connectivity index (χ2v) is 3.72. The van der Waals surface area contributed by atoms with Gasteiger partial charge in [0.1, 0.15) is 0 Å². The summed E-state index contributed by atoms with van der Waals surface area (Å²) in [6.45, 7) is 1.95. The molecule has 72 valence electrons. The molecule has 0 spiro atoms. The first-order valence-electron chi connectivity index (χ1n) is 4.15. The van der Waals surface area contributed by atoms with E-state index in [1.807, 2.05) is 12.3 Å². The Balaban J connectivity index is 2.23. The average molecular weight is 206 g/mol. The van der Waals surface area contributed by atoms with Gasteiger partial charge in [0, 0.05) is 11.6 Å². The van der Waals surface area contributed by atoms with Gasteiger partial charge in [0.2, 0.25) is 0 Å². The highest BCUT2D eigenvalue weighted by Gasteiger charge is 2.02. The Morgan fingerprint density at radius 3 is 3.00 bits per heavy atom. The summed E-state index contributed by atoms with van der Waals surface area (Å²) in [7, 11) is 0. The minimum atomic E-state index is 0.625. The SMILES string of the molecule is Cc1csc(Nc2ncccc2N)n1. The van der Waals surface area contributed by atoms with E-state index < -0.39 is 0 Å². The number of thiazole rings is 1. The fourth-order valence-corrected chi connectivity index (χ4v) is 1.72. The normalized spacial score (nSPS) is 10.1. The van der Waals surface area contributed by atoms with E-state index in [0.717, 1.165) is 10.8 Å². The number of nitrogens with zero attached hydrogens (tertiary/aromatic N) is 2. The minimum absolute atomic E-state index is 0.625. The Bertz CT molecular complexity index is 438. The molecule has 5 heteroatoms. The van der Waals surface area contributed by atoms with Gasteiger partial charge in [-0.25, -0.2) is 9.97 Å². The number of aryl methyl sites for hydroxylation is 1. The van der Waals surface area contributed by atoms with Crippen LogP contribution in [0.2, 0.25) is 0 Å². The fraction of sp³-hybridized carbons (Fsp3) is 0.111. The largest absolute Gasteiger partial charge is 0.396 e. The molecule has 0 amide bonds. The predicted octanol–water partition coefficient (Wildman–Crippen LogP) is 2.17. The smallest absolute Gasteiger partial charge is 0.188 e. The van der Waals surface area contributed by atoms with E-state index >= 15 is 0 Å². The summed E-state index contributed by atoms with van der Waals surface area (Å²) < 4.78 is 0. The maximum Gasteiger partial charge on any atom is 0.188 e. The van der Waals surface area contributed by atoms with Crippen molar-refractivity contribution in [1.29, 1.82) is 0 Å². The molecule has 2 aromatic heterocycles. The summed E-state index contributed by atoms with van der Waals surface area (Å²) in [4.78, 5) is 8.37. The second kappa shape index (κ2) is 3.63. The molecule has 0 aromatic carbocycles. The topological polar surface area (TPSA) is 63.8 Å². The lowest BCUT2D eigenvalue weighted by Crippen LogP contribution is -1.97. The van der Waals surface area contributed by atoms with Crippen LogP contribution in [0.15, 0.2) is 23.7 Å². The van der Waals surface area contributed by atoms with Gasteiger partial charge in [-0.1, -0.05) is 0 Å². The highest BCUT2D eigenvalue weighted by atomic mass is 32.1. The van der Waals surface area contributed by atoms with Crippen LogP contribution in [0.25, 0.3) is 0 Å². The van der Waals surface area contributed by atoms with Gasteiger partial charge in [0.15, 0.2) is 10.9 Å². The van der Waals surface area contributed by atoms with Gasteiger partial charge in [0.05, 0.1) is 11.4 Å². The first kappa shape index (κ1) is 8.96. The third kappa shape index (κ3) is 1.82. The summed E-state index contributed by atoms with van der Waals surface area (Å²) in [5, 5.41) is 5.85. The molecule has 0 unspecified atom stereocenters. The van der Waals surface area contributed by atoms with E-state index in [9.17, 15) is 0 Å². The summed E-state index contributed by atoms with van der Waals surface area (Å²) in [6.07, 6.45) is 1.69. The standard InChI is InChI=1S/C9H10N4S/c1-6-5-14-9(12-6)13-8-7(10)3-2-4-11-8/h2-5H,10H2,1H3,(H,11,12,13).